The SMILES string of the molecule is CCCCOc1ccc(/C=N/NC(=O)CNc2ccccc2)cc1. The number of rotatable bonds is 9. The standard InChI is InChI=1S/C19H23N3O2/c1-2-3-13-24-18-11-9-16(10-12-18)14-21-22-19(23)15-20-17-7-5-4-6-8-17/h4-12,14,20H,2-3,13,15H2,1H3,(H,22,23)/b21-14+. The number of amides is 1. The fourth-order valence-electron chi connectivity index (χ4n) is 1.94. The lowest BCUT2D eigenvalue weighted by atomic mass is 10.2. The van der Waals surface area contributed by atoms with Gasteiger partial charge in [0, 0.05) is 5.69 Å². The normalized spacial score (nSPS) is 10.5. The van der Waals surface area contributed by atoms with Crippen molar-refractivity contribution >= 4 is 17.8 Å². The number of hydrazone groups is 1. The summed E-state index contributed by atoms with van der Waals surface area (Å²) in [6.07, 6.45) is 3.77. The lowest BCUT2D eigenvalue weighted by Gasteiger charge is -2.05. The number of para-hydroxylation sites is 1. The van der Waals surface area contributed by atoms with Gasteiger partial charge in [-0.25, -0.2) is 5.43 Å². The Morgan fingerprint density at radius 3 is 2.58 bits per heavy atom. The Labute approximate surface area is 142 Å². The van der Waals surface area contributed by atoms with E-state index in [4.69, 9.17) is 4.74 Å². The van der Waals surface area contributed by atoms with Gasteiger partial charge in [-0.2, -0.15) is 5.10 Å². The molecule has 5 heteroatoms. The summed E-state index contributed by atoms with van der Waals surface area (Å²) in [6.45, 7) is 3.03. The van der Waals surface area contributed by atoms with Gasteiger partial charge >= 0.3 is 0 Å². The minimum atomic E-state index is -0.199. The molecule has 0 aromatic heterocycles. The molecule has 2 rings (SSSR count). The highest BCUT2D eigenvalue weighted by atomic mass is 16.5. The fraction of sp³-hybridized carbons (Fsp3) is 0.263. The molecule has 126 valence electrons. The van der Waals surface area contributed by atoms with Crippen LogP contribution in [-0.4, -0.2) is 25.3 Å². The predicted molar refractivity (Wildman–Crippen MR) is 97.5 cm³/mol. The molecule has 1 amide bonds. The van der Waals surface area contributed by atoms with Gasteiger partial charge in [-0.3, -0.25) is 4.79 Å². The summed E-state index contributed by atoms with van der Waals surface area (Å²) in [5.74, 6) is 0.645. The third-order valence-corrected chi connectivity index (χ3v) is 3.28. The maximum absolute atomic E-state index is 11.7. The molecule has 0 unspecified atom stereocenters. The molecule has 0 aliphatic carbocycles. The number of benzene rings is 2. The van der Waals surface area contributed by atoms with Crippen molar-refractivity contribution in [3.8, 4) is 5.75 Å². The van der Waals surface area contributed by atoms with E-state index < -0.39 is 0 Å². The number of carbonyl (C=O) groups is 1. The number of nitrogens with zero attached hydrogens (tertiary/aromatic N) is 1. The lowest BCUT2D eigenvalue weighted by molar-refractivity contribution is -0.119. The highest BCUT2D eigenvalue weighted by molar-refractivity contribution is 5.84. The highest BCUT2D eigenvalue weighted by Gasteiger charge is 1.99. The molecule has 0 saturated heterocycles. The number of anilines is 1. The first-order chi connectivity index (χ1) is 11.8. The maximum Gasteiger partial charge on any atom is 0.259 e. The molecule has 5 nitrogen and oxygen atoms in total. The van der Waals surface area contributed by atoms with Crippen molar-refractivity contribution in [1.29, 1.82) is 0 Å². The molecule has 0 fully saturated rings. The smallest absolute Gasteiger partial charge is 0.259 e. The second kappa shape index (κ2) is 10.0. The van der Waals surface area contributed by atoms with Crippen LogP contribution in [0.3, 0.4) is 0 Å². The number of unbranched alkanes of at least 4 members (excludes halogenated alkanes) is 1. The molecule has 0 aliphatic rings. The van der Waals surface area contributed by atoms with Crippen LogP contribution in [-0.2, 0) is 4.79 Å². The Hall–Kier alpha value is -2.82. The van der Waals surface area contributed by atoms with Gasteiger partial charge < -0.3 is 10.1 Å². The van der Waals surface area contributed by atoms with E-state index >= 15 is 0 Å². The van der Waals surface area contributed by atoms with E-state index in [1.807, 2.05) is 54.6 Å². The quantitative estimate of drug-likeness (QED) is 0.422. The van der Waals surface area contributed by atoms with Gasteiger partial charge in [-0.05, 0) is 48.4 Å². The molecule has 0 spiro atoms. The van der Waals surface area contributed by atoms with Crippen molar-refractivity contribution in [3.63, 3.8) is 0 Å². The number of hydrogen-bond acceptors (Lipinski definition) is 4. The summed E-state index contributed by atoms with van der Waals surface area (Å²) < 4.78 is 5.60. The number of nitrogens with one attached hydrogen (secondary N) is 2. The molecular weight excluding hydrogens is 302 g/mol. The third kappa shape index (κ3) is 6.52. The van der Waals surface area contributed by atoms with Gasteiger partial charge in [0.25, 0.3) is 5.91 Å². The van der Waals surface area contributed by atoms with E-state index in [0.29, 0.717) is 0 Å². The van der Waals surface area contributed by atoms with Crippen LogP contribution in [0.15, 0.2) is 59.7 Å². The van der Waals surface area contributed by atoms with Gasteiger partial charge in [0.15, 0.2) is 0 Å². The molecule has 0 radical (unpaired) electrons. The van der Waals surface area contributed by atoms with Crippen LogP contribution in [0, 0.1) is 0 Å². The monoisotopic (exact) mass is 325 g/mol. The zero-order valence-corrected chi connectivity index (χ0v) is 13.9. The minimum absolute atomic E-state index is 0.172. The summed E-state index contributed by atoms with van der Waals surface area (Å²) in [4.78, 5) is 11.7. The van der Waals surface area contributed by atoms with Crippen molar-refractivity contribution < 1.29 is 9.53 Å². The molecule has 0 atom stereocenters. The van der Waals surface area contributed by atoms with Crippen LogP contribution in [0.1, 0.15) is 25.3 Å². The van der Waals surface area contributed by atoms with Crippen molar-refractivity contribution in [2.24, 2.45) is 5.10 Å². The summed E-state index contributed by atoms with van der Waals surface area (Å²) >= 11 is 0. The zero-order valence-electron chi connectivity index (χ0n) is 13.9. The van der Waals surface area contributed by atoms with Gasteiger partial charge in [0.2, 0.25) is 0 Å². The van der Waals surface area contributed by atoms with Crippen molar-refractivity contribution in [1.82, 2.24) is 5.43 Å². The van der Waals surface area contributed by atoms with Gasteiger partial charge in [0.05, 0.1) is 19.4 Å². The van der Waals surface area contributed by atoms with Crippen LogP contribution in [0.4, 0.5) is 5.69 Å². The largest absolute Gasteiger partial charge is 0.494 e. The van der Waals surface area contributed by atoms with Gasteiger partial charge in [-0.15, -0.1) is 0 Å². The summed E-state index contributed by atoms with van der Waals surface area (Å²) in [6, 6.07) is 17.2. The lowest BCUT2D eigenvalue weighted by Crippen LogP contribution is -2.25. The average molecular weight is 325 g/mol. The van der Waals surface area contributed by atoms with E-state index in [0.717, 1.165) is 36.4 Å². The van der Waals surface area contributed by atoms with E-state index in [9.17, 15) is 4.79 Å². The molecule has 0 aliphatic heterocycles. The summed E-state index contributed by atoms with van der Waals surface area (Å²) in [5, 5.41) is 6.98. The second-order valence-corrected chi connectivity index (χ2v) is 5.28. The first kappa shape index (κ1) is 17.5. The average Bonchev–Trinajstić information content (AvgIpc) is 2.62. The Kier molecular flexibility index (Phi) is 7.34. The van der Waals surface area contributed by atoms with Crippen LogP contribution in [0.5, 0.6) is 5.75 Å². The van der Waals surface area contributed by atoms with Crippen molar-refractivity contribution in [3.05, 3.63) is 60.2 Å². The van der Waals surface area contributed by atoms with Crippen LogP contribution in [0.25, 0.3) is 0 Å². The summed E-state index contributed by atoms with van der Waals surface area (Å²) in [7, 11) is 0. The van der Waals surface area contributed by atoms with Gasteiger partial charge in [-0.1, -0.05) is 31.5 Å². The Balaban J connectivity index is 1.71. The Bertz CT molecular complexity index is 639. The molecule has 2 aromatic rings. The molecule has 0 saturated carbocycles. The minimum Gasteiger partial charge on any atom is -0.494 e. The first-order valence-electron chi connectivity index (χ1n) is 8.11. The molecule has 2 N–H and O–H groups in total. The predicted octanol–water partition coefficient (Wildman–Crippen LogP) is 3.43. The van der Waals surface area contributed by atoms with E-state index in [1.165, 1.54) is 0 Å². The molecule has 24 heavy (non-hydrogen) atoms. The third-order valence-electron chi connectivity index (χ3n) is 3.28. The maximum atomic E-state index is 11.7. The van der Waals surface area contributed by atoms with Crippen molar-refractivity contribution in [2.45, 2.75) is 19.8 Å². The number of hydrogen-bond donors (Lipinski definition) is 2. The molecular formula is C19H23N3O2. The van der Waals surface area contributed by atoms with Crippen LogP contribution in [0.2, 0.25) is 0 Å². The fourth-order valence-corrected chi connectivity index (χ4v) is 1.94. The van der Waals surface area contributed by atoms with Crippen molar-refractivity contribution in [2.75, 3.05) is 18.5 Å². The highest BCUT2D eigenvalue weighted by Crippen LogP contribution is 2.11. The molecule has 2 aromatic carbocycles. The molecule has 0 bridgehead atoms. The Morgan fingerprint density at radius 1 is 1.12 bits per heavy atom. The number of ether oxygens (including phenoxy) is 1. The summed E-state index contributed by atoms with van der Waals surface area (Å²) in [5.41, 5.74) is 4.29. The van der Waals surface area contributed by atoms with Crippen LogP contribution < -0.4 is 15.5 Å². The van der Waals surface area contributed by atoms with Crippen LogP contribution >= 0.6 is 0 Å². The number of carbonyl (C=O) groups excluding carboxylic acids is 1. The first-order valence-corrected chi connectivity index (χ1v) is 8.11. The topological polar surface area (TPSA) is 62.7 Å². The van der Waals surface area contributed by atoms with Gasteiger partial charge in [0.1, 0.15) is 5.75 Å². The second-order valence-electron chi connectivity index (χ2n) is 5.28. The Morgan fingerprint density at radius 2 is 1.88 bits per heavy atom. The van der Waals surface area contributed by atoms with E-state index in [2.05, 4.69) is 22.8 Å². The molecule has 0 heterocycles. The van der Waals surface area contributed by atoms with E-state index in [-0.39, 0.29) is 12.5 Å². The zero-order chi connectivity index (χ0) is 17.0. The van der Waals surface area contributed by atoms with E-state index in [1.54, 1.807) is 6.21 Å².